The van der Waals surface area contributed by atoms with Crippen LogP contribution in [0.15, 0.2) is 18.5 Å². The molecule has 0 aliphatic carbocycles. The van der Waals surface area contributed by atoms with Gasteiger partial charge >= 0.3 is 0 Å². The van der Waals surface area contributed by atoms with Crippen LogP contribution in [0.4, 0.5) is 8.78 Å². The van der Waals surface area contributed by atoms with Crippen LogP contribution < -0.4 is 4.74 Å². The van der Waals surface area contributed by atoms with Gasteiger partial charge in [-0.25, -0.2) is 13.8 Å². The molecule has 0 saturated heterocycles. The van der Waals surface area contributed by atoms with Crippen LogP contribution >= 0.6 is 0 Å². The van der Waals surface area contributed by atoms with Crippen molar-refractivity contribution in [3.63, 3.8) is 0 Å². The van der Waals surface area contributed by atoms with Crippen LogP contribution in [0.3, 0.4) is 0 Å². The second-order valence-corrected chi connectivity index (χ2v) is 4.95. The summed E-state index contributed by atoms with van der Waals surface area (Å²) in [7, 11) is 1.33. The molecule has 1 aromatic carbocycles. The maximum absolute atomic E-state index is 14.2. The van der Waals surface area contributed by atoms with E-state index in [1.54, 1.807) is 11.2 Å². The predicted octanol–water partition coefficient (Wildman–Crippen LogP) is 2.00. The van der Waals surface area contributed by atoms with Crippen molar-refractivity contribution in [3.8, 4) is 5.75 Å². The zero-order valence-electron chi connectivity index (χ0n) is 12.6. The van der Waals surface area contributed by atoms with Crippen molar-refractivity contribution < 1.29 is 18.6 Å². The second-order valence-electron chi connectivity index (χ2n) is 4.95. The molecule has 0 unspecified atom stereocenters. The average Bonchev–Trinajstić information content (AvgIpc) is 2.89. The first-order chi connectivity index (χ1) is 10.6. The molecule has 5 nitrogen and oxygen atoms in total. The summed E-state index contributed by atoms with van der Waals surface area (Å²) in [5, 5.41) is 9.17. The predicted molar refractivity (Wildman–Crippen MR) is 77.4 cm³/mol. The lowest BCUT2D eigenvalue weighted by molar-refractivity contribution is 0.179. The summed E-state index contributed by atoms with van der Waals surface area (Å²) in [6.07, 6.45) is 1.56. The van der Waals surface area contributed by atoms with E-state index in [1.165, 1.54) is 19.2 Å². The molecule has 2 N–H and O–H groups in total. The molecule has 120 valence electrons. The highest BCUT2D eigenvalue weighted by Crippen LogP contribution is 2.24. The molecule has 0 aliphatic rings. The number of halogens is 2. The Morgan fingerprint density at radius 1 is 1.32 bits per heavy atom. The van der Waals surface area contributed by atoms with Gasteiger partial charge in [0, 0.05) is 30.9 Å². The maximum atomic E-state index is 14.2. The third kappa shape index (κ3) is 3.61. The topological polar surface area (TPSA) is 61.4 Å². The summed E-state index contributed by atoms with van der Waals surface area (Å²) < 4.78 is 33.0. The highest BCUT2D eigenvalue weighted by Gasteiger charge is 2.18. The number of H-pyrrole nitrogens is 1. The fourth-order valence-corrected chi connectivity index (χ4v) is 2.22. The standard InChI is InChI=1S/C15H19F2N3O2/c1-10-13(19-9-18-10)8-20(5-6-21)7-11-12(16)3-4-14(22-2)15(11)17/h3-4,9,21H,5-8H2,1-2H3,(H,18,19). The Labute approximate surface area is 127 Å². The number of rotatable bonds is 7. The van der Waals surface area contributed by atoms with Gasteiger partial charge in [-0.1, -0.05) is 0 Å². The van der Waals surface area contributed by atoms with E-state index < -0.39 is 11.6 Å². The zero-order valence-corrected chi connectivity index (χ0v) is 12.6. The molecule has 0 fully saturated rings. The van der Waals surface area contributed by atoms with E-state index in [9.17, 15) is 8.78 Å². The number of nitrogens with one attached hydrogen (secondary N) is 1. The molecule has 0 spiro atoms. The van der Waals surface area contributed by atoms with Gasteiger partial charge in [0.2, 0.25) is 0 Å². The molecule has 0 aliphatic heterocycles. The third-order valence-electron chi connectivity index (χ3n) is 3.48. The summed E-state index contributed by atoms with van der Waals surface area (Å²) >= 11 is 0. The van der Waals surface area contributed by atoms with E-state index in [4.69, 9.17) is 9.84 Å². The van der Waals surface area contributed by atoms with Crippen LogP contribution in [0.5, 0.6) is 5.75 Å². The van der Waals surface area contributed by atoms with Crippen LogP contribution in [0, 0.1) is 18.6 Å². The number of aliphatic hydroxyl groups is 1. The van der Waals surface area contributed by atoms with Crippen molar-refractivity contribution in [2.24, 2.45) is 0 Å². The first kappa shape index (κ1) is 16.4. The van der Waals surface area contributed by atoms with Crippen molar-refractivity contribution in [1.82, 2.24) is 14.9 Å². The zero-order chi connectivity index (χ0) is 16.1. The average molecular weight is 311 g/mol. The molecule has 0 amide bonds. The first-order valence-electron chi connectivity index (χ1n) is 6.89. The van der Waals surface area contributed by atoms with Gasteiger partial charge in [-0.15, -0.1) is 0 Å². The minimum absolute atomic E-state index is 0.00343. The van der Waals surface area contributed by atoms with Crippen molar-refractivity contribution in [2.75, 3.05) is 20.3 Å². The van der Waals surface area contributed by atoms with Gasteiger partial charge in [-0.05, 0) is 19.1 Å². The highest BCUT2D eigenvalue weighted by atomic mass is 19.1. The van der Waals surface area contributed by atoms with Crippen molar-refractivity contribution in [1.29, 1.82) is 0 Å². The van der Waals surface area contributed by atoms with E-state index in [2.05, 4.69) is 9.97 Å². The van der Waals surface area contributed by atoms with Crippen molar-refractivity contribution >= 4 is 0 Å². The SMILES string of the molecule is COc1ccc(F)c(CN(CCO)Cc2nc[nH]c2C)c1F. The lowest BCUT2D eigenvalue weighted by Crippen LogP contribution is -2.27. The molecule has 1 aromatic heterocycles. The molecule has 2 rings (SSSR count). The third-order valence-corrected chi connectivity index (χ3v) is 3.48. The van der Waals surface area contributed by atoms with E-state index in [0.29, 0.717) is 6.54 Å². The summed E-state index contributed by atoms with van der Waals surface area (Å²) in [5.41, 5.74) is 1.58. The molecular formula is C15H19F2N3O2. The molecule has 2 aromatic rings. The Morgan fingerprint density at radius 2 is 2.09 bits per heavy atom. The number of imidazole rings is 1. The first-order valence-corrected chi connectivity index (χ1v) is 6.89. The monoisotopic (exact) mass is 311 g/mol. The van der Waals surface area contributed by atoms with Gasteiger partial charge in [-0.2, -0.15) is 0 Å². The summed E-state index contributed by atoms with van der Waals surface area (Å²) in [6, 6.07) is 2.43. The van der Waals surface area contributed by atoms with Crippen molar-refractivity contribution in [2.45, 2.75) is 20.0 Å². The van der Waals surface area contributed by atoms with E-state index >= 15 is 0 Å². The number of benzene rings is 1. The number of nitrogens with zero attached hydrogens (tertiary/aromatic N) is 2. The van der Waals surface area contributed by atoms with Crippen LogP contribution in [0.25, 0.3) is 0 Å². The van der Waals surface area contributed by atoms with Crippen LogP contribution in [0.2, 0.25) is 0 Å². The maximum Gasteiger partial charge on any atom is 0.172 e. The Hall–Kier alpha value is -1.99. The van der Waals surface area contributed by atoms with E-state index in [1.807, 2.05) is 6.92 Å². The Balaban J connectivity index is 2.23. The molecule has 0 bridgehead atoms. The summed E-state index contributed by atoms with van der Waals surface area (Å²) in [5.74, 6) is -1.36. The smallest absolute Gasteiger partial charge is 0.172 e. The number of methoxy groups -OCH3 is 1. The van der Waals surface area contributed by atoms with E-state index in [0.717, 1.165) is 11.4 Å². The Kier molecular flexibility index (Phi) is 5.46. The minimum atomic E-state index is -0.718. The number of aromatic amines is 1. The number of ether oxygens (including phenoxy) is 1. The van der Waals surface area contributed by atoms with Crippen molar-refractivity contribution in [3.05, 3.63) is 47.0 Å². The molecule has 0 saturated carbocycles. The van der Waals surface area contributed by atoms with Gasteiger partial charge in [-0.3, -0.25) is 4.90 Å². The van der Waals surface area contributed by atoms with Crippen LogP contribution in [0.1, 0.15) is 17.0 Å². The number of hydrogen-bond donors (Lipinski definition) is 2. The van der Waals surface area contributed by atoms with E-state index in [-0.39, 0.29) is 31.0 Å². The fourth-order valence-electron chi connectivity index (χ4n) is 2.22. The normalized spacial score (nSPS) is 11.2. The number of aromatic nitrogens is 2. The molecular weight excluding hydrogens is 292 g/mol. The largest absolute Gasteiger partial charge is 0.494 e. The molecule has 7 heteroatoms. The highest BCUT2D eigenvalue weighted by molar-refractivity contribution is 5.32. The Morgan fingerprint density at radius 3 is 2.68 bits per heavy atom. The van der Waals surface area contributed by atoms with Gasteiger partial charge < -0.3 is 14.8 Å². The lowest BCUT2D eigenvalue weighted by atomic mass is 10.1. The molecule has 0 atom stereocenters. The van der Waals surface area contributed by atoms with Gasteiger partial charge in [0.1, 0.15) is 5.82 Å². The minimum Gasteiger partial charge on any atom is -0.494 e. The summed E-state index contributed by atoms with van der Waals surface area (Å²) in [6.45, 7) is 2.43. The number of aryl methyl sites for hydroxylation is 1. The second kappa shape index (κ2) is 7.33. The Bertz CT molecular complexity index is 631. The van der Waals surface area contributed by atoms with Gasteiger partial charge in [0.05, 0.1) is 25.7 Å². The van der Waals surface area contributed by atoms with Gasteiger partial charge in [0.15, 0.2) is 11.6 Å². The van der Waals surface area contributed by atoms with Crippen LogP contribution in [-0.2, 0) is 13.1 Å². The molecule has 1 heterocycles. The fraction of sp³-hybridized carbons (Fsp3) is 0.400. The molecule has 0 radical (unpaired) electrons. The quantitative estimate of drug-likeness (QED) is 0.821. The number of hydrogen-bond acceptors (Lipinski definition) is 4. The van der Waals surface area contributed by atoms with Crippen LogP contribution in [-0.4, -0.2) is 40.2 Å². The summed E-state index contributed by atoms with van der Waals surface area (Å²) in [4.78, 5) is 8.85. The number of aliphatic hydroxyl groups excluding tert-OH is 1. The van der Waals surface area contributed by atoms with Gasteiger partial charge in [0.25, 0.3) is 0 Å². The lowest BCUT2D eigenvalue weighted by Gasteiger charge is -2.21. The molecule has 22 heavy (non-hydrogen) atoms.